The molecule has 0 bridgehead atoms. The van der Waals surface area contributed by atoms with Crippen molar-refractivity contribution in [1.29, 1.82) is 0 Å². The smallest absolute Gasteiger partial charge is 0.255 e. The molecule has 1 saturated heterocycles. The third-order valence-corrected chi connectivity index (χ3v) is 5.21. The monoisotopic (exact) mass is 298 g/mol. The highest BCUT2D eigenvalue weighted by molar-refractivity contribution is 7.91. The minimum atomic E-state index is -2.92. The normalized spacial score (nSPS) is 20.6. The van der Waals surface area contributed by atoms with Crippen LogP contribution >= 0.6 is 0 Å². The molecule has 0 aromatic heterocycles. The Labute approximate surface area is 118 Å². The average Bonchev–Trinajstić information content (AvgIpc) is 2.75. The molecule has 1 aliphatic heterocycles. The maximum atomic E-state index is 12.1. The molecular formula is C13H18N2O4S. The fourth-order valence-electron chi connectivity index (χ4n) is 2.33. The summed E-state index contributed by atoms with van der Waals surface area (Å²) in [5.41, 5.74) is 6.49. The van der Waals surface area contributed by atoms with Gasteiger partial charge in [-0.1, -0.05) is 6.07 Å². The number of anilines is 1. The van der Waals surface area contributed by atoms with E-state index in [0.717, 1.165) is 0 Å². The highest BCUT2D eigenvalue weighted by Crippen LogP contribution is 2.26. The number of ether oxygens (including phenoxy) is 1. The van der Waals surface area contributed by atoms with Gasteiger partial charge in [0.15, 0.2) is 15.6 Å². The van der Waals surface area contributed by atoms with E-state index in [0.29, 0.717) is 30.0 Å². The Hall–Kier alpha value is -1.76. The van der Waals surface area contributed by atoms with Crippen LogP contribution in [0.2, 0.25) is 0 Å². The predicted octanol–water partition coefficient (Wildman–Crippen LogP) is 0.442. The van der Waals surface area contributed by atoms with Crippen molar-refractivity contribution in [2.24, 2.45) is 5.92 Å². The van der Waals surface area contributed by atoms with E-state index in [-0.39, 0.29) is 23.3 Å². The summed E-state index contributed by atoms with van der Waals surface area (Å²) in [5, 5.41) is 2.74. The van der Waals surface area contributed by atoms with Crippen LogP contribution in [0.5, 0.6) is 5.75 Å². The van der Waals surface area contributed by atoms with Crippen LogP contribution in [0.1, 0.15) is 16.8 Å². The Balaban J connectivity index is 2.01. The minimum Gasteiger partial charge on any atom is -0.494 e. The molecule has 1 atom stereocenters. The Morgan fingerprint density at radius 1 is 1.50 bits per heavy atom. The number of hydrogen-bond acceptors (Lipinski definition) is 5. The lowest BCUT2D eigenvalue weighted by molar-refractivity contribution is 0.0945. The molecule has 7 heteroatoms. The zero-order valence-electron chi connectivity index (χ0n) is 11.3. The molecule has 0 spiro atoms. The molecular weight excluding hydrogens is 280 g/mol. The van der Waals surface area contributed by atoms with Gasteiger partial charge in [-0.25, -0.2) is 8.42 Å². The lowest BCUT2D eigenvalue weighted by atomic mass is 10.1. The number of benzene rings is 1. The Morgan fingerprint density at radius 2 is 2.25 bits per heavy atom. The van der Waals surface area contributed by atoms with Gasteiger partial charge in [0.1, 0.15) is 0 Å². The molecule has 1 heterocycles. The van der Waals surface area contributed by atoms with Crippen LogP contribution in [0.15, 0.2) is 18.2 Å². The van der Waals surface area contributed by atoms with Crippen molar-refractivity contribution in [3.8, 4) is 5.75 Å². The van der Waals surface area contributed by atoms with Crippen LogP contribution in [-0.4, -0.2) is 39.5 Å². The van der Waals surface area contributed by atoms with E-state index >= 15 is 0 Å². The molecule has 1 amide bonds. The van der Waals surface area contributed by atoms with Gasteiger partial charge in [-0.05, 0) is 24.5 Å². The van der Waals surface area contributed by atoms with Gasteiger partial charge in [-0.3, -0.25) is 4.79 Å². The van der Waals surface area contributed by atoms with Crippen LogP contribution in [0.25, 0.3) is 0 Å². The molecule has 0 saturated carbocycles. The molecule has 6 nitrogen and oxygen atoms in total. The van der Waals surface area contributed by atoms with E-state index < -0.39 is 9.84 Å². The van der Waals surface area contributed by atoms with Crippen molar-refractivity contribution < 1.29 is 17.9 Å². The molecule has 2 rings (SSSR count). The van der Waals surface area contributed by atoms with Gasteiger partial charge in [-0.15, -0.1) is 0 Å². The molecule has 1 aromatic rings. The quantitative estimate of drug-likeness (QED) is 0.786. The van der Waals surface area contributed by atoms with Crippen LogP contribution in [0.4, 0.5) is 5.69 Å². The first-order chi connectivity index (χ1) is 9.43. The maximum absolute atomic E-state index is 12.1. The lowest BCUT2D eigenvalue weighted by Gasteiger charge is -2.13. The zero-order valence-corrected chi connectivity index (χ0v) is 12.1. The standard InChI is InChI=1S/C13H18N2O4S/c1-19-12-10(3-2-4-11(12)14)13(16)15-7-9-5-6-20(17,18)8-9/h2-4,9H,5-8,14H2,1H3,(H,15,16). The highest BCUT2D eigenvalue weighted by atomic mass is 32.2. The van der Waals surface area contributed by atoms with Crippen molar-refractivity contribution in [3.63, 3.8) is 0 Å². The van der Waals surface area contributed by atoms with E-state index in [9.17, 15) is 13.2 Å². The summed E-state index contributed by atoms with van der Waals surface area (Å²) in [6.45, 7) is 0.343. The summed E-state index contributed by atoms with van der Waals surface area (Å²) < 4.78 is 27.8. The summed E-state index contributed by atoms with van der Waals surface area (Å²) >= 11 is 0. The average molecular weight is 298 g/mol. The number of carbonyl (C=O) groups is 1. The molecule has 110 valence electrons. The Bertz CT molecular complexity index is 613. The van der Waals surface area contributed by atoms with Gasteiger partial charge in [0.2, 0.25) is 0 Å². The molecule has 0 radical (unpaired) electrons. The fraction of sp³-hybridized carbons (Fsp3) is 0.462. The Morgan fingerprint density at radius 3 is 2.85 bits per heavy atom. The molecule has 20 heavy (non-hydrogen) atoms. The number of rotatable bonds is 4. The first-order valence-corrected chi connectivity index (χ1v) is 8.16. The molecule has 3 N–H and O–H groups in total. The number of amides is 1. The summed E-state index contributed by atoms with van der Waals surface area (Å²) in [5.74, 6) is 0.356. The second-order valence-corrected chi connectivity index (χ2v) is 7.14. The Kier molecular flexibility index (Phi) is 4.17. The van der Waals surface area contributed by atoms with E-state index in [4.69, 9.17) is 10.5 Å². The van der Waals surface area contributed by atoms with E-state index in [2.05, 4.69) is 5.32 Å². The van der Waals surface area contributed by atoms with E-state index in [1.807, 2.05) is 0 Å². The third-order valence-electron chi connectivity index (χ3n) is 3.37. The largest absolute Gasteiger partial charge is 0.494 e. The number of nitrogens with one attached hydrogen (secondary N) is 1. The first-order valence-electron chi connectivity index (χ1n) is 6.34. The SMILES string of the molecule is COc1c(N)cccc1C(=O)NCC1CCS(=O)(=O)C1. The first kappa shape index (κ1) is 14.6. The summed E-state index contributed by atoms with van der Waals surface area (Å²) in [7, 11) is -1.47. The number of nitrogen functional groups attached to an aromatic ring is 1. The van der Waals surface area contributed by atoms with Crippen LogP contribution in [-0.2, 0) is 9.84 Å². The van der Waals surface area contributed by atoms with E-state index in [1.54, 1.807) is 18.2 Å². The topological polar surface area (TPSA) is 98.5 Å². The zero-order chi connectivity index (χ0) is 14.8. The van der Waals surface area contributed by atoms with Crippen molar-refractivity contribution in [1.82, 2.24) is 5.32 Å². The number of methoxy groups -OCH3 is 1. The molecule has 1 unspecified atom stereocenters. The summed E-state index contributed by atoms with van der Waals surface area (Å²) in [4.78, 5) is 12.1. The van der Waals surface area contributed by atoms with Gasteiger partial charge in [0, 0.05) is 6.54 Å². The third kappa shape index (κ3) is 3.22. The molecule has 1 aromatic carbocycles. The van der Waals surface area contributed by atoms with Crippen LogP contribution in [0, 0.1) is 5.92 Å². The van der Waals surface area contributed by atoms with Gasteiger partial charge in [-0.2, -0.15) is 0 Å². The van der Waals surface area contributed by atoms with Crippen molar-refractivity contribution in [2.75, 3.05) is 30.9 Å². The fourth-order valence-corrected chi connectivity index (χ4v) is 4.19. The number of para-hydroxylation sites is 1. The number of sulfone groups is 1. The minimum absolute atomic E-state index is 0.0176. The molecule has 1 aliphatic rings. The molecule has 1 fully saturated rings. The van der Waals surface area contributed by atoms with Crippen LogP contribution in [0.3, 0.4) is 0 Å². The van der Waals surface area contributed by atoms with E-state index in [1.165, 1.54) is 7.11 Å². The second kappa shape index (κ2) is 5.70. The van der Waals surface area contributed by atoms with Gasteiger partial charge >= 0.3 is 0 Å². The highest BCUT2D eigenvalue weighted by Gasteiger charge is 2.28. The van der Waals surface area contributed by atoms with Gasteiger partial charge < -0.3 is 15.8 Å². The summed E-state index contributed by atoms with van der Waals surface area (Å²) in [6.07, 6.45) is 0.594. The maximum Gasteiger partial charge on any atom is 0.255 e. The van der Waals surface area contributed by atoms with Crippen molar-refractivity contribution in [2.45, 2.75) is 6.42 Å². The van der Waals surface area contributed by atoms with Crippen molar-refractivity contribution in [3.05, 3.63) is 23.8 Å². The number of hydrogen-bond donors (Lipinski definition) is 2. The second-order valence-electron chi connectivity index (χ2n) is 4.91. The molecule has 0 aliphatic carbocycles. The number of nitrogens with two attached hydrogens (primary N) is 1. The van der Waals surface area contributed by atoms with Crippen LogP contribution < -0.4 is 15.8 Å². The van der Waals surface area contributed by atoms with Gasteiger partial charge in [0.25, 0.3) is 5.91 Å². The van der Waals surface area contributed by atoms with Gasteiger partial charge in [0.05, 0.1) is 29.9 Å². The lowest BCUT2D eigenvalue weighted by Crippen LogP contribution is -2.30. The predicted molar refractivity (Wildman–Crippen MR) is 76.5 cm³/mol. The summed E-state index contributed by atoms with van der Waals surface area (Å²) in [6, 6.07) is 4.95. The van der Waals surface area contributed by atoms with Crippen molar-refractivity contribution >= 4 is 21.4 Å². The number of carbonyl (C=O) groups excluding carboxylic acids is 1.